The summed E-state index contributed by atoms with van der Waals surface area (Å²) in [6, 6.07) is 11.4. The van der Waals surface area contributed by atoms with Crippen molar-refractivity contribution in [2.45, 2.75) is 38.5 Å². The molecule has 0 unspecified atom stereocenters. The number of aryl methyl sites for hydroxylation is 1. The first-order valence-corrected chi connectivity index (χ1v) is 10.0. The number of hydrogen-bond donors (Lipinski definition) is 3. The highest BCUT2D eigenvalue weighted by Gasteiger charge is 2.37. The maximum absolute atomic E-state index is 13.4. The van der Waals surface area contributed by atoms with E-state index < -0.39 is 5.92 Å². The number of benzene rings is 2. The van der Waals surface area contributed by atoms with Gasteiger partial charge in [-0.25, -0.2) is 13.8 Å². The van der Waals surface area contributed by atoms with E-state index in [9.17, 15) is 13.6 Å². The van der Waals surface area contributed by atoms with Crippen LogP contribution in [-0.4, -0.2) is 32.0 Å². The minimum Gasteiger partial charge on any atom is -0.337 e. The second-order valence-electron chi connectivity index (χ2n) is 8.01. The average Bonchev–Trinajstić information content (AvgIpc) is 3.32. The van der Waals surface area contributed by atoms with Crippen LogP contribution in [0.3, 0.4) is 0 Å². The summed E-state index contributed by atoms with van der Waals surface area (Å²) in [4.78, 5) is 20.5. The number of halogens is 2. The number of carbonyl (C=O) groups excluding carboxylic acids is 1. The summed E-state index contributed by atoms with van der Waals surface area (Å²) in [6.07, 6.45) is -0.0598. The van der Waals surface area contributed by atoms with Gasteiger partial charge in [-0.05, 0) is 49.6 Å². The number of alkyl halides is 2. The summed E-state index contributed by atoms with van der Waals surface area (Å²) in [7, 11) is 0. The maximum Gasteiger partial charge on any atom is 0.248 e. The first-order valence-electron chi connectivity index (χ1n) is 10.0. The zero-order valence-electron chi connectivity index (χ0n) is 16.4. The third kappa shape index (κ3) is 3.32. The largest absolute Gasteiger partial charge is 0.337 e. The molecule has 0 bridgehead atoms. The molecule has 2 heterocycles. The maximum atomic E-state index is 13.4. The van der Waals surface area contributed by atoms with Crippen LogP contribution < -0.4 is 5.32 Å². The lowest BCUT2D eigenvalue weighted by Gasteiger charge is -2.27. The Kier molecular flexibility index (Phi) is 4.30. The van der Waals surface area contributed by atoms with Gasteiger partial charge in [0.05, 0.1) is 16.6 Å². The molecule has 2 aromatic carbocycles. The van der Waals surface area contributed by atoms with Crippen molar-refractivity contribution in [1.29, 1.82) is 0 Å². The van der Waals surface area contributed by atoms with Crippen LogP contribution in [0.15, 0.2) is 36.4 Å². The summed E-state index contributed by atoms with van der Waals surface area (Å²) < 4.78 is 26.7. The molecule has 4 aromatic rings. The number of para-hydroxylation sites is 1. The lowest BCUT2D eigenvalue weighted by atomic mass is 9.86. The van der Waals surface area contributed by atoms with Crippen molar-refractivity contribution in [2.75, 3.05) is 5.32 Å². The number of rotatable bonds is 3. The van der Waals surface area contributed by atoms with Gasteiger partial charge in [-0.1, -0.05) is 12.1 Å². The number of aromatic amines is 2. The third-order valence-electron chi connectivity index (χ3n) is 5.86. The number of hydrogen-bond acceptors (Lipinski definition) is 3. The predicted octanol–water partition coefficient (Wildman–Crippen LogP) is 5.18. The fourth-order valence-electron chi connectivity index (χ4n) is 4.11. The number of nitrogens with zero attached hydrogens (tertiary/aromatic N) is 2. The number of aromatic nitrogens is 4. The number of anilines is 1. The van der Waals surface area contributed by atoms with Crippen molar-refractivity contribution in [3.8, 4) is 11.5 Å². The van der Waals surface area contributed by atoms with Crippen molar-refractivity contribution in [3.63, 3.8) is 0 Å². The molecule has 154 valence electrons. The fourth-order valence-corrected chi connectivity index (χ4v) is 4.11. The SMILES string of the molecule is Cc1cccc2[nH]c(-c3n[nH]c4ccc(NC(=O)C5CCC(F)(F)CC5)cc34)nc12. The summed E-state index contributed by atoms with van der Waals surface area (Å²) in [5.74, 6) is -2.60. The van der Waals surface area contributed by atoms with Gasteiger partial charge in [-0.15, -0.1) is 0 Å². The number of amides is 1. The molecule has 0 aliphatic heterocycles. The molecule has 3 N–H and O–H groups in total. The van der Waals surface area contributed by atoms with Gasteiger partial charge in [0.15, 0.2) is 5.82 Å². The Morgan fingerprint density at radius 1 is 1.17 bits per heavy atom. The van der Waals surface area contributed by atoms with E-state index in [-0.39, 0.29) is 37.5 Å². The van der Waals surface area contributed by atoms with Crippen molar-refractivity contribution in [2.24, 2.45) is 5.92 Å². The Balaban J connectivity index is 1.43. The van der Waals surface area contributed by atoms with Gasteiger partial charge in [-0.2, -0.15) is 5.10 Å². The molecule has 1 amide bonds. The molecular formula is C22H21F2N5O. The highest BCUT2D eigenvalue weighted by atomic mass is 19.3. The standard InChI is InChI=1S/C22H21F2N5O/c1-12-3-2-4-17-18(12)27-20(26-17)19-15-11-14(5-6-16(15)28-29-19)25-21(30)13-7-9-22(23,24)10-8-13/h2-6,11,13H,7-10H2,1H3,(H,25,30)(H,26,27)(H,28,29). The van der Waals surface area contributed by atoms with Crippen LogP contribution in [0.5, 0.6) is 0 Å². The molecule has 30 heavy (non-hydrogen) atoms. The van der Waals surface area contributed by atoms with E-state index in [1.54, 1.807) is 6.07 Å². The number of H-pyrrole nitrogens is 2. The summed E-state index contributed by atoms with van der Waals surface area (Å²) in [5.41, 5.74) is 4.98. The molecule has 1 fully saturated rings. The van der Waals surface area contributed by atoms with E-state index in [1.165, 1.54) is 0 Å². The van der Waals surface area contributed by atoms with Gasteiger partial charge in [0.1, 0.15) is 5.69 Å². The van der Waals surface area contributed by atoms with Crippen molar-refractivity contribution < 1.29 is 13.6 Å². The van der Waals surface area contributed by atoms with Gasteiger partial charge in [0.2, 0.25) is 11.8 Å². The summed E-state index contributed by atoms with van der Waals surface area (Å²) >= 11 is 0. The van der Waals surface area contributed by atoms with Gasteiger partial charge in [0.25, 0.3) is 0 Å². The number of nitrogens with one attached hydrogen (secondary N) is 3. The number of fused-ring (bicyclic) bond motifs is 2. The predicted molar refractivity (Wildman–Crippen MR) is 111 cm³/mol. The molecular weight excluding hydrogens is 388 g/mol. The van der Waals surface area contributed by atoms with Crippen LogP contribution in [0.4, 0.5) is 14.5 Å². The monoisotopic (exact) mass is 409 g/mol. The highest BCUT2D eigenvalue weighted by Crippen LogP contribution is 2.37. The van der Waals surface area contributed by atoms with E-state index >= 15 is 0 Å². The van der Waals surface area contributed by atoms with Gasteiger partial charge < -0.3 is 10.3 Å². The smallest absolute Gasteiger partial charge is 0.248 e. The highest BCUT2D eigenvalue weighted by molar-refractivity contribution is 5.99. The zero-order valence-corrected chi connectivity index (χ0v) is 16.4. The third-order valence-corrected chi connectivity index (χ3v) is 5.86. The van der Waals surface area contributed by atoms with Crippen LogP contribution in [0, 0.1) is 12.8 Å². The van der Waals surface area contributed by atoms with Crippen LogP contribution in [0.2, 0.25) is 0 Å². The van der Waals surface area contributed by atoms with Gasteiger partial charge in [0, 0.05) is 29.8 Å². The van der Waals surface area contributed by atoms with E-state index in [2.05, 4.69) is 25.5 Å². The number of carbonyl (C=O) groups is 1. The molecule has 8 heteroatoms. The minimum absolute atomic E-state index is 0.205. The van der Waals surface area contributed by atoms with E-state index in [0.29, 0.717) is 17.2 Å². The summed E-state index contributed by atoms with van der Waals surface area (Å²) in [6.45, 7) is 2.00. The first-order chi connectivity index (χ1) is 14.4. The first kappa shape index (κ1) is 18.7. The quantitative estimate of drug-likeness (QED) is 0.436. The minimum atomic E-state index is -2.65. The van der Waals surface area contributed by atoms with Gasteiger partial charge in [-0.3, -0.25) is 9.89 Å². The van der Waals surface area contributed by atoms with E-state index in [1.807, 2.05) is 37.3 Å². The van der Waals surface area contributed by atoms with Crippen LogP contribution >= 0.6 is 0 Å². The van der Waals surface area contributed by atoms with E-state index in [4.69, 9.17) is 0 Å². The van der Waals surface area contributed by atoms with Crippen LogP contribution in [-0.2, 0) is 4.79 Å². The second kappa shape index (κ2) is 6.90. The van der Waals surface area contributed by atoms with Crippen LogP contribution in [0.25, 0.3) is 33.5 Å². The molecule has 0 saturated heterocycles. The molecule has 0 radical (unpaired) electrons. The molecule has 1 aliphatic carbocycles. The molecule has 1 aliphatic rings. The van der Waals surface area contributed by atoms with Crippen molar-refractivity contribution in [1.82, 2.24) is 20.2 Å². The molecule has 2 aromatic heterocycles. The van der Waals surface area contributed by atoms with Crippen molar-refractivity contribution >= 4 is 33.5 Å². The summed E-state index contributed by atoms with van der Waals surface area (Å²) in [5, 5.41) is 11.1. The molecule has 6 nitrogen and oxygen atoms in total. The van der Waals surface area contributed by atoms with E-state index in [0.717, 1.165) is 27.5 Å². The normalized spacial score (nSPS) is 16.9. The molecule has 0 atom stereocenters. The van der Waals surface area contributed by atoms with Crippen LogP contribution in [0.1, 0.15) is 31.2 Å². The Hall–Kier alpha value is -3.29. The average molecular weight is 409 g/mol. The topological polar surface area (TPSA) is 86.5 Å². The lowest BCUT2D eigenvalue weighted by molar-refractivity contribution is -0.124. The number of imidazole rings is 1. The Bertz CT molecular complexity index is 1250. The van der Waals surface area contributed by atoms with Crippen molar-refractivity contribution in [3.05, 3.63) is 42.0 Å². The zero-order chi connectivity index (χ0) is 20.9. The Morgan fingerprint density at radius 2 is 1.97 bits per heavy atom. The Labute approximate surface area is 171 Å². The lowest BCUT2D eigenvalue weighted by Crippen LogP contribution is -2.31. The molecule has 0 spiro atoms. The molecule has 1 saturated carbocycles. The second-order valence-corrected chi connectivity index (χ2v) is 8.01. The van der Waals surface area contributed by atoms with Gasteiger partial charge >= 0.3 is 0 Å². The molecule has 5 rings (SSSR count). The fraction of sp³-hybridized carbons (Fsp3) is 0.318. The Morgan fingerprint density at radius 3 is 2.73 bits per heavy atom.